The maximum Gasteiger partial charge on any atom is 0.258 e. The van der Waals surface area contributed by atoms with Crippen molar-refractivity contribution in [3.63, 3.8) is 0 Å². The first-order valence-corrected chi connectivity index (χ1v) is 12.1. The number of hydrogen-bond acceptors (Lipinski definition) is 5. The number of aryl methyl sites for hydroxylation is 1. The number of ether oxygens (including phenoxy) is 2. The van der Waals surface area contributed by atoms with Crippen molar-refractivity contribution in [2.24, 2.45) is 5.92 Å². The minimum Gasteiger partial charge on any atom is -0.493 e. The first kappa shape index (κ1) is 24.6. The van der Waals surface area contributed by atoms with Crippen molar-refractivity contribution in [3.05, 3.63) is 64.1 Å². The lowest BCUT2D eigenvalue weighted by molar-refractivity contribution is 0.0727. The van der Waals surface area contributed by atoms with Crippen LogP contribution >= 0.6 is 0 Å². The molecule has 1 atom stereocenters. The number of nitrogens with zero attached hydrogens (tertiary/aromatic N) is 3. The largest absolute Gasteiger partial charge is 0.493 e. The van der Waals surface area contributed by atoms with Crippen LogP contribution in [0.4, 0.5) is 5.69 Å². The van der Waals surface area contributed by atoms with Gasteiger partial charge in [0, 0.05) is 49.5 Å². The minimum absolute atomic E-state index is 0.0740. The third kappa shape index (κ3) is 4.85. The molecule has 0 N–H and O–H groups in total. The highest BCUT2D eigenvalue weighted by Gasteiger charge is 2.29. The number of carbonyl (C=O) groups excluding carboxylic acids is 1. The molecule has 7 nitrogen and oxygen atoms in total. The first-order valence-electron chi connectivity index (χ1n) is 12.1. The number of rotatable bonds is 6. The Morgan fingerprint density at radius 3 is 2.23 bits per heavy atom. The summed E-state index contributed by atoms with van der Waals surface area (Å²) in [6, 6.07) is 12.1. The number of anilines is 1. The molecule has 1 aliphatic heterocycles. The highest BCUT2D eigenvalue weighted by atomic mass is 16.5. The Hall–Kier alpha value is -3.48. The maximum atomic E-state index is 13.9. The number of carbonyl (C=O) groups is 1. The Morgan fingerprint density at radius 2 is 1.66 bits per heavy atom. The van der Waals surface area contributed by atoms with Crippen LogP contribution in [0.15, 0.2) is 47.4 Å². The molecule has 0 spiro atoms. The third-order valence-corrected chi connectivity index (χ3v) is 6.66. The van der Waals surface area contributed by atoms with E-state index >= 15 is 0 Å². The zero-order valence-corrected chi connectivity index (χ0v) is 21.5. The maximum absolute atomic E-state index is 13.9. The predicted octanol–water partition coefficient (Wildman–Crippen LogP) is 4.33. The van der Waals surface area contributed by atoms with Gasteiger partial charge in [0.05, 0.1) is 25.2 Å². The molecular formula is C28H35N3O4. The Balaban J connectivity index is 1.72. The van der Waals surface area contributed by atoms with Gasteiger partial charge in [0.1, 0.15) is 0 Å². The normalized spacial score (nSPS) is 16.1. The molecule has 2 aromatic carbocycles. The number of aromatic nitrogens is 1. The molecule has 1 amide bonds. The van der Waals surface area contributed by atoms with Crippen molar-refractivity contribution in [1.82, 2.24) is 9.47 Å². The Kier molecular flexibility index (Phi) is 7.05. The van der Waals surface area contributed by atoms with E-state index in [0.29, 0.717) is 47.5 Å². The topological polar surface area (TPSA) is 64.0 Å². The average Bonchev–Trinajstić information content (AvgIpc) is 2.85. The summed E-state index contributed by atoms with van der Waals surface area (Å²) in [5.74, 6) is 1.15. The fourth-order valence-corrected chi connectivity index (χ4v) is 4.85. The fraction of sp³-hybridized carbons (Fsp3) is 0.429. The van der Waals surface area contributed by atoms with Crippen LogP contribution in [0.3, 0.4) is 0 Å². The van der Waals surface area contributed by atoms with E-state index < -0.39 is 0 Å². The van der Waals surface area contributed by atoms with Crippen LogP contribution in [-0.2, 0) is 6.54 Å². The Labute approximate surface area is 206 Å². The van der Waals surface area contributed by atoms with Crippen LogP contribution in [0.5, 0.6) is 11.5 Å². The number of pyridine rings is 1. The summed E-state index contributed by atoms with van der Waals surface area (Å²) in [6.07, 6.45) is 1.72. The molecule has 1 aliphatic rings. The minimum atomic E-state index is -0.135. The smallest absolute Gasteiger partial charge is 0.258 e. The number of benzene rings is 2. The standard InChI is InChI=1S/C28H35N3O4/c1-18(2)15-30-17-24(22-13-25(34-5)26(35-6)14-23(22)27(30)32)28(33)29-11-12-31(20(4)16-29)21-9-7-19(3)8-10-21/h7-10,13-14,17-18,20H,11-12,15-16H2,1-6H3/t20-/m1/s1. The van der Waals surface area contributed by atoms with Gasteiger partial charge < -0.3 is 23.8 Å². The molecule has 7 heteroatoms. The lowest BCUT2D eigenvalue weighted by Crippen LogP contribution is -2.54. The van der Waals surface area contributed by atoms with Gasteiger partial charge in [-0.2, -0.15) is 0 Å². The molecule has 1 saturated heterocycles. The molecule has 0 saturated carbocycles. The second kappa shape index (κ2) is 10.0. The average molecular weight is 478 g/mol. The van der Waals surface area contributed by atoms with E-state index in [1.165, 1.54) is 11.3 Å². The van der Waals surface area contributed by atoms with E-state index in [2.05, 4.69) is 56.9 Å². The van der Waals surface area contributed by atoms with Gasteiger partial charge in [-0.3, -0.25) is 9.59 Å². The molecule has 0 radical (unpaired) electrons. The van der Waals surface area contributed by atoms with Gasteiger partial charge in [0.25, 0.3) is 11.5 Å². The van der Waals surface area contributed by atoms with Crippen LogP contribution in [0.2, 0.25) is 0 Å². The second-order valence-corrected chi connectivity index (χ2v) is 9.78. The Bertz CT molecular complexity index is 1280. The summed E-state index contributed by atoms with van der Waals surface area (Å²) >= 11 is 0. The molecule has 0 unspecified atom stereocenters. The summed E-state index contributed by atoms with van der Waals surface area (Å²) < 4.78 is 12.6. The molecule has 0 bridgehead atoms. The van der Waals surface area contributed by atoms with Crippen molar-refractivity contribution in [3.8, 4) is 11.5 Å². The van der Waals surface area contributed by atoms with Crippen LogP contribution < -0.4 is 19.9 Å². The van der Waals surface area contributed by atoms with Gasteiger partial charge >= 0.3 is 0 Å². The molecule has 4 rings (SSSR count). The molecule has 35 heavy (non-hydrogen) atoms. The second-order valence-electron chi connectivity index (χ2n) is 9.78. The summed E-state index contributed by atoms with van der Waals surface area (Å²) in [4.78, 5) is 31.4. The highest BCUT2D eigenvalue weighted by Crippen LogP contribution is 2.33. The Morgan fingerprint density at radius 1 is 1.03 bits per heavy atom. The van der Waals surface area contributed by atoms with Crippen molar-refractivity contribution in [2.45, 2.75) is 40.3 Å². The van der Waals surface area contributed by atoms with E-state index in [4.69, 9.17) is 9.47 Å². The molecule has 186 valence electrons. The van der Waals surface area contributed by atoms with E-state index in [9.17, 15) is 9.59 Å². The van der Waals surface area contributed by atoms with Gasteiger partial charge in [-0.25, -0.2) is 0 Å². The zero-order valence-electron chi connectivity index (χ0n) is 21.5. The lowest BCUT2D eigenvalue weighted by atomic mass is 10.0. The molecule has 0 aliphatic carbocycles. The van der Waals surface area contributed by atoms with Crippen LogP contribution in [0.1, 0.15) is 36.7 Å². The molecule has 1 aromatic heterocycles. The van der Waals surface area contributed by atoms with Gasteiger partial charge in [0.15, 0.2) is 11.5 Å². The molecule has 3 aromatic rings. The van der Waals surface area contributed by atoms with Gasteiger partial charge in [-0.1, -0.05) is 31.5 Å². The van der Waals surface area contributed by atoms with Crippen LogP contribution in [0, 0.1) is 12.8 Å². The molecular weight excluding hydrogens is 442 g/mol. The third-order valence-electron chi connectivity index (χ3n) is 6.66. The van der Waals surface area contributed by atoms with Gasteiger partial charge in [0.2, 0.25) is 0 Å². The van der Waals surface area contributed by atoms with Crippen LogP contribution in [0.25, 0.3) is 10.8 Å². The number of methoxy groups -OCH3 is 2. The van der Waals surface area contributed by atoms with E-state index in [1.807, 2.05) is 4.90 Å². The first-order chi connectivity index (χ1) is 16.7. The van der Waals surface area contributed by atoms with Crippen molar-refractivity contribution < 1.29 is 14.3 Å². The number of hydrogen-bond donors (Lipinski definition) is 0. The van der Waals surface area contributed by atoms with Crippen molar-refractivity contribution >= 4 is 22.4 Å². The lowest BCUT2D eigenvalue weighted by Gasteiger charge is -2.41. The number of fused-ring (bicyclic) bond motifs is 1. The summed E-state index contributed by atoms with van der Waals surface area (Å²) in [5, 5.41) is 1.05. The SMILES string of the molecule is COc1cc2c(C(=O)N3CCN(c4ccc(C)cc4)[C@H](C)C3)cn(CC(C)C)c(=O)c2cc1OC. The predicted molar refractivity (Wildman–Crippen MR) is 140 cm³/mol. The van der Waals surface area contributed by atoms with Crippen molar-refractivity contribution in [2.75, 3.05) is 38.8 Å². The van der Waals surface area contributed by atoms with Gasteiger partial charge in [-0.15, -0.1) is 0 Å². The highest BCUT2D eigenvalue weighted by molar-refractivity contribution is 6.07. The monoisotopic (exact) mass is 477 g/mol. The quantitative estimate of drug-likeness (QED) is 0.529. The van der Waals surface area contributed by atoms with Crippen molar-refractivity contribution in [1.29, 1.82) is 0 Å². The molecule has 2 heterocycles. The summed E-state index contributed by atoms with van der Waals surface area (Å²) in [5.41, 5.74) is 2.77. The van der Waals surface area contributed by atoms with Crippen LogP contribution in [-0.4, -0.2) is 55.3 Å². The zero-order chi connectivity index (χ0) is 25.3. The van der Waals surface area contributed by atoms with Gasteiger partial charge in [-0.05, 0) is 44.0 Å². The summed E-state index contributed by atoms with van der Waals surface area (Å²) in [6.45, 7) is 10.8. The van der Waals surface area contributed by atoms with E-state index in [1.54, 1.807) is 37.1 Å². The molecule has 1 fully saturated rings. The number of piperazine rings is 1. The van der Waals surface area contributed by atoms with E-state index in [-0.39, 0.29) is 23.4 Å². The fourth-order valence-electron chi connectivity index (χ4n) is 4.85. The summed E-state index contributed by atoms with van der Waals surface area (Å²) in [7, 11) is 3.09. The van der Waals surface area contributed by atoms with E-state index in [0.717, 1.165) is 6.54 Å². The number of amides is 1.